The number of carboxylic acid groups (broad SMARTS) is 1. The Balaban J connectivity index is 3.04. The van der Waals surface area contributed by atoms with Crippen molar-refractivity contribution < 1.29 is 45.6 Å². The van der Waals surface area contributed by atoms with Gasteiger partial charge < -0.3 is 15.9 Å². The number of nitrogens with one attached hydrogen (secondary N) is 1. The van der Waals surface area contributed by atoms with Crippen LogP contribution in [0.25, 0.3) is 0 Å². The molecule has 0 radical (unpaired) electrons. The van der Waals surface area contributed by atoms with Crippen LogP contribution in [0.5, 0.6) is 0 Å². The highest BCUT2D eigenvalue weighted by molar-refractivity contribution is 7.92. The van der Waals surface area contributed by atoms with Crippen molar-refractivity contribution in [3.05, 3.63) is 35.4 Å². The van der Waals surface area contributed by atoms with Gasteiger partial charge in [-0.15, -0.1) is 0 Å². The second-order valence-electron chi connectivity index (χ2n) is 6.14. The first-order valence-corrected chi connectivity index (χ1v) is 9.58. The molecule has 0 aliphatic heterocycles. The van der Waals surface area contributed by atoms with Crippen LogP contribution in [0.1, 0.15) is 24.0 Å². The molecule has 0 heterocycles. The van der Waals surface area contributed by atoms with Crippen LogP contribution in [0, 0.1) is 4.78 Å². The van der Waals surface area contributed by atoms with Crippen LogP contribution >= 0.6 is 0 Å². The summed E-state index contributed by atoms with van der Waals surface area (Å²) < 4.78 is 97.5. The quantitative estimate of drug-likeness (QED) is 0.467. The van der Waals surface area contributed by atoms with E-state index in [1.165, 1.54) is 0 Å². The van der Waals surface area contributed by atoms with Crippen molar-refractivity contribution >= 4 is 15.7 Å². The lowest BCUT2D eigenvalue weighted by Crippen LogP contribution is -2.44. The third-order valence-corrected chi connectivity index (χ3v) is 5.79. The van der Waals surface area contributed by atoms with Gasteiger partial charge in [-0.3, -0.25) is 9.57 Å². The number of halogens is 6. The Hall–Kier alpha value is -1.86. The zero-order valence-corrected chi connectivity index (χ0v) is 15.0. The fourth-order valence-electron chi connectivity index (χ4n) is 2.24. The molecule has 0 aromatic heterocycles. The molecule has 13 heteroatoms. The highest BCUT2D eigenvalue weighted by atomic mass is 32.2. The lowest BCUT2D eigenvalue weighted by Gasteiger charge is -2.31. The molecular weight excluding hydrogens is 418 g/mol. The number of hydrogen-bond donors (Lipinski definition) is 4. The van der Waals surface area contributed by atoms with Crippen LogP contribution in [-0.2, 0) is 26.3 Å². The lowest BCUT2D eigenvalue weighted by molar-refractivity contribution is -0.267. The number of carbonyl (C=O) groups is 1. The average molecular weight is 436 g/mol. The van der Waals surface area contributed by atoms with Crippen LogP contribution in [0.15, 0.2) is 24.3 Å². The number of alkyl halides is 6. The molecule has 1 rings (SSSR count). The summed E-state index contributed by atoms with van der Waals surface area (Å²) in [6.07, 6.45) is -11.8. The molecule has 2 unspecified atom stereocenters. The fraction of sp³-hybridized carbons (Fsp3) is 0.533. The molecule has 160 valence electrons. The number of carboxylic acids is 1. The predicted molar refractivity (Wildman–Crippen MR) is 86.8 cm³/mol. The molecule has 1 aromatic rings. The average Bonchev–Trinajstić information content (AvgIpc) is 2.56. The first-order chi connectivity index (χ1) is 12.5. The van der Waals surface area contributed by atoms with Gasteiger partial charge in [-0.1, -0.05) is 12.1 Å². The standard InChI is InChI=1S/C15H18F6N2O4S/c16-14(17,18)10-3-1-9(2-4-10)13(26,15(19,20)21)6-8-28(23,27)7-5-11(22)12(24)25/h1-4,11,23,26H,5-8,22H2,(H,24,25)/t11-,13?,28?/m0/s1. The zero-order chi connectivity index (χ0) is 22.0. The van der Waals surface area contributed by atoms with Gasteiger partial charge in [0.1, 0.15) is 6.04 Å². The molecule has 0 saturated carbocycles. The van der Waals surface area contributed by atoms with Gasteiger partial charge in [0.25, 0.3) is 0 Å². The maximum atomic E-state index is 13.4. The van der Waals surface area contributed by atoms with E-state index in [9.17, 15) is 40.5 Å². The molecule has 0 bridgehead atoms. The first-order valence-electron chi connectivity index (χ1n) is 7.69. The topological polar surface area (TPSA) is 124 Å². The van der Waals surface area contributed by atoms with Gasteiger partial charge in [-0.25, -0.2) is 4.21 Å². The van der Waals surface area contributed by atoms with Crippen molar-refractivity contribution in [3.8, 4) is 0 Å². The lowest BCUT2D eigenvalue weighted by atomic mass is 9.89. The van der Waals surface area contributed by atoms with Gasteiger partial charge in [0, 0.05) is 27.7 Å². The van der Waals surface area contributed by atoms with E-state index in [-0.39, 0.29) is 0 Å². The van der Waals surface area contributed by atoms with E-state index in [0.29, 0.717) is 24.3 Å². The largest absolute Gasteiger partial charge is 0.480 e. The van der Waals surface area contributed by atoms with Gasteiger partial charge in [0.05, 0.1) is 5.56 Å². The van der Waals surface area contributed by atoms with E-state index in [0.717, 1.165) is 0 Å². The Morgan fingerprint density at radius 2 is 1.54 bits per heavy atom. The van der Waals surface area contributed by atoms with Gasteiger partial charge in [0.15, 0.2) is 5.60 Å². The Morgan fingerprint density at radius 3 is 1.93 bits per heavy atom. The number of aliphatic hydroxyl groups is 1. The fourth-order valence-corrected chi connectivity index (χ4v) is 3.70. The molecule has 28 heavy (non-hydrogen) atoms. The smallest absolute Gasteiger partial charge is 0.421 e. The van der Waals surface area contributed by atoms with Crippen molar-refractivity contribution in [2.75, 3.05) is 11.5 Å². The molecule has 1 aromatic carbocycles. The van der Waals surface area contributed by atoms with E-state index in [2.05, 4.69) is 0 Å². The van der Waals surface area contributed by atoms with E-state index in [1.54, 1.807) is 0 Å². The normalized spacial score (nSPS) is 18.1. The maximum absolute atomic E-state index is 13.4. The maximum Gasteiger partial charge on any atom is 0.421 e. The Morgan fingerprint density at radius 1 is 1.07 bits per heavy atom. The summed E-state index contributed by atoms with van der Waals surface area (Å²) >= 11 is 0. The van der Waals surface area contributed by atoms with Crippen LogP contribution in [0.2, 0.25) is 0 Å². The molecule has 0 saturated heterocycles. The van der Waals surface area contributed by atoms with E-state index >= 15 is 0 Å². The molecule has 0 spiro atoms. The number of hydrogen-bond acceptors (Lipinski definition) is 5. The van der Waals surface area contributed by atoms with Crippen LogP contribution < -0.4 is 5.73 Å². The van der Waals surface area contributed by atoms with Crippen LogP contribution in [-0.4, -0.2) is 44.1 Å². The molecule has 5 N–H and O–H groups in total. The summed E-state index contributed by atoms with van der Waals surface area (Å²) in [6.45, 7) is 0. The van der Waals surface area contributed by atoms with Crippen molar-refractivity contribution in [1.82, 2.24) is 0 Å². The number of benzene rings is 1. The van der Waals surface area contributed by atoms with Crippen LogP contribution in [0.3, 0.4) is 0 Å². The third-order valence-electron chi connectivity index (χ3n) is 4.03. The predicted octanol–water partition coefficient (Wildman–Crippen LogP) is 2.69. The zero-order valence-electron chi connectivity index (χ0n) is 14.2. The summed E-state index contributed by atoms with van der Waals surface area (Å²) in [4.78, 5) is 10.6. The highest BCUT2D eigenvalue weighted by Crippen LogP contribution is 2.42. The second-order valence-corrected chi connectivity index (χ2v) is 8.58. The summed E-state index contributed by atoms with van der Waals surface area (Å²) in [5.74, 6) is -3.01. The molecule has 0 aliphatic carbocycles. The van der Waals surface area contributed by atoms with Crippen LogP contribution in [0.4, 0.5) is 26.3 Å². The number of nitrogens with two attached hydrogens (primary N) is 1. The summed E-state index contributed by atoms with van der Waals surface area (Å²) in [6, 6.07) is 0.207. The van der Waals surface area contributed by atoms with Crippen molar-refractivity contribution in [1.29, 1.82) is 4.78 Å². The molecule has 0 fully saturated rings. The molecular formula is C15H18F6N2O4S. The van der Waals surface area contributed by atoms with E-state index in [4.69, 9.17) is 15.6 Å². The molecule has 6 nitrogen and oxygen atoms in total. The summed E-state index contributed by atoms with van der Waals surface area (Å²) in [7, 11) is -3.73. The third kappa shape index (κ3) is 6.07. The first kappa shape index (κ1) is 24.2. The van der Waals surface area contributed by atoms with E-state index in [1.807, 2.05) is 0 Å². The second kappa shape index (κ2) is 8.25. The number of aliphatic carboxylic acids is 1. The Bertz CT molecular complexity index is 792. The molecule has 0 amide bonds. The monoisotopic (exact) mass is 436 g/mol. The van der Waals surface area contributed by atoms with Gasteiger partial charge >= 0.3 is 18.3 Å². The van der Waals surface area contributed by atoms with E-state index < -0.39 is 75.2 Å². The summed E-state index contributed by atoms with van der Waals surface area (Å²) in [5.41, 5.74) is -0.557. The minimum Gasteiger partial charge on any atom is -0.480 e. The highest BCUT2D eigenvalue weighted by Gasteiger charge is 2.55. The molecule has 3 atom stereocenters. The van der Waals surface area contributed by atoms with Crippen molar-refractivity contribution in [2.45, 2.75) is 36.8 Å². The van der Waals surface area contributed by atoms with Gasteiger partial charge in [-0.05, 0) is 24.1 Å². The summed E-state index contributed by atoms with van der Waals surface area (Å²) in [5, 5.41) is 18.7. The minimum atomic E-state index is -5.32. The van der Waals surface area contributed by atoms with Gasteiger partial charge in [0.2, 0.25) is 0 Å². The Kier molecular flexibility index (Phi) is 7.12. The van der Waals surface area contributed by atoms with Crippen molar-refractivity contribution in [3.63, 3.8) is 0 Å². The minimum absolute atomic E-state index is 0.371. The van der Waals surface area contributed by atoms with Gasteiger partial charge in [-0.2, -0.15) is 26.3 Å². The SMILES string of the molecule is N=S(=O)(CC[C@H](N)C(=O)O)CCC(O)(c1ccc(C(F)(F)F)cc1)C(F)(F)F. The Labute approximate surface area is 156 Å². The number of rotatable bonds is 8. The molecule has 0 aliphatic rings. The van der Waals surface area contributed by atoms with Crippen molar-refractivity contribution in [2.24, 2.45) is 5.73 Å².